The van der Waals surface area contributed by atoms with E-state index in [-0.39, 0.29) is 17.1 Å². The molecular formula is C23H16N6O5. The van der Waals surface area contributed by atoms with Gasteiger partial charge < -0.3 is 15.0 Å². The van der Waals surface area contributed by atoms with Gasteiger partial charge in [0.2, 0.25) is 0 Å². The Morgan fingerprint density at radius 1 is 1.00 bits per heavy atom. The highest BCUT2D eigenvalue weighted by Crippen LogP contribution is 2.29. The van der Waals surface area contributed by atoms with E-state index in [1.54, 1.807) is 30.3 Å². The van der Waals surface area contributed by atoms with Gasteiger partial charge in [-0.15, -0.1) is 0 Å². The topological polar surface area (TPSA) is 147 Å². The van der Waals surface area contributed by atoms with Crippen molar-refractivity contribution in [2.24, 2.45) is 0 Å². The third-order valence-electron chi connectivity index (χ3n) is 5.25. The molecule has 0 saturated heterocycles. The lowest BCUT2D eigenvalue weighted by Gasteiger charge is -2.16. The van der Waals surface area contributed by atoms with E-state index in [4.69, 9.17) is 4.74 Å². The minimum absolute atomic E-state index is 0.0756. The number of benzene rings is 2. The van der Waals surface area contributed by atoms with Crippen molar-refractivity contribution in [2.75, 3.05) is 10.2 Å². The molecule has 1 aliphatic heterocycles. The smallest absolute Gasteiger partial charge is 0.338 e. The molecule has 0 bridgehead atoms. The van der Waals surface area contributed by atoms with Gasteiger partial charge in [0.25, 0.3) is 17.7 Å². The third kappa shape index (κ3) is 3.54. The molecule has 4 aromatic rings. The summed E-state index contributed by atoms with van der Waals surface area (Å²) < 4.78 is 5.29. The van der Waals surface area contributed by atoms with Crippen LogP contribution in [-0.4, -0.2) is 49.7 Å². The standard InChI is InChI=1S/C23H16N6O5/c1-12(20(30)28-19-17-18(25-10-24-17)26-11-27-19)34-23(33)13-5-4-6-14(9-13)29-21(31)15-7-2-3-8-16(15)22(29)32/h2-12H,1H3,(H2,24,25,26,27,28,30). The van der Waals surface area contributed by atoms with Gasteiger partial charge in [-0.1, -0.05) is 18.2 Å². The van der Waals surface area contributed by atoms with Crippen molar-refractivity contribution in [3.05, 3.63) is 77.9 Å². The number of rotatable bonds is 5. The average Bonchev–Trinajstić information content (AvgIpc) is 3.43. The van der Waals surface area contributed by atoms with Crippen molar-refractivity contribution in [3.63, 3.8) is 0 Å². The lowest BCUT2D eigenvalue weighted by Crippen LogP contribution is -2.31. The normalized spacial score (nSPS) is 13.6. The number of H-pyrrole nitrogens is 1. The van der Waals surface area contributed by atoms with Crippen molar-refractivity contribution >= 4 is 46.4 Å². The molecular weight excluding hydrogens is 440 g/mol. The number of carbonyl (C=O) groups excluding carboxylic acids is 4. The second-order valence-electron chi connectivity index (χ2n) is 7.40. The van der Waals surface area contributed by atoms with Crippen molar-refractivity contribution < 1.29 is 23.9 Å². The molecule has 0 fully saturated rings. The summed E-state index contributed by atoms with van der Waals surface area (Å²) in [4.78, 5) is 66.5. The second kappa shape index (κ2) is 8.20. The van der Waals surface area contributed by atoms with Gasteiger partial charge in [-0.3, -0.25) is 14.4 Å². The minimum Gasteiger partial charge on any atom is -0.449 e. The molecule has 11 heteroatoms. The molecule has 0 spiro atoms. The van der Waals surface area contributed by atoms with Crippen molar-refractivity contribution in [2.45, 2.75) is 13.0 Å². The van der Waals surface area contributed by atoms with E-state index >= 15 is 0 Å². The summed E-state index contributed by atoms with van der Waals surface area (Å²) in [6.45, 7) is 1.41. The minimum atomic E-state index is -1.16. The quantitative estimate of drug-likeness (QED) is 0.344. The van der Waals surface area contributed by atoms with Crippen LogP contribution in [0.15, 0.2) is 61.2 Å². The number of hydrogen-bond acceptors (Lipinski definition) is 8. The molecule has 2 aromatic carbocycles. The van der Waals surface area contributed by atoms with Crippen LogP contribution in [0.2, 0.25) is 0 Å². The van der Waals surface area contributed by atoms with Crippen LogP contribution in [0.3, 0.4) is 0 Å². The number of ether oxygens (including phenoxy) is 1. The highest BCUT2D eigenvalue weighted by Gasteiger charge is 2.36. The molecule has 5 rings (SSSR count). The molecule has 0 aliphatic carbocycles. The number of aromatic nitrogens is 4. The Labute approximate surface area is 191 Å². The molecule has 0 saturated carbocycles. The van der Waals surface area contributed by atoms with Crippen LogP contribution in [0.1, 0.15) is 38.0 Å². The molecule has 3 heterocycles. The first kappa shape index (κ1) is 20.9. The molecule has 2 N–H and O–H groups in total. The van der Waals surface area contributed by atoms with Gasteiger partial charge >= 0.3 is 5.97 Å². The summed E-state index contributed by atoms with van der Waals surface area (Å²) in [5.74, 6) is -2.17. The molecule has 1 unspecified atom stereocenters. The number of imide groups is 1. The van der Waals surface area contributed by atoms with Crippen molar-refractivity contribution in [1.29, 1.82) is 0 Å². The first-order chi connectivity index (χ1) is 16.4. The fourth-order valence-corrected chi connectivity index (χ4v) is 3.56. The van der Waals surface area contributed by atoms with E-state index < -0.39 is 29.8 Å². The highest BCUT2D eigenvalue weighted by atomic mass is 16.5. The van der Waals surface area contributed by atoms with Gasteiger partial charge in [-0.2, -0.15) is 0 Å². The number of carbonyl (C=O) groups is 4. The van der Waals surface area contributed by atoms with Gasteiger partial charge in [0.05, 0.1) is 28.7 Å². The Morgan fingerprint density at radius 2 is 1.74 bits per heavy atom. The zero-order chi connectivity index (χ0) is 23.8. The van der Waals surface area contributed by atoms with Crippen molar-refractivity contribution in [1.82, 2.24) is 19.9 Å². The molecule has 34 heavy (non-hydrogen) atoms. The molecule has 168 valence electrons. The maximum Gasteiger partial charge on any atom is 0.338 e. The summed E-state index contributed by atoms with van der Waals surface area (Å²) in [6, 6.07) is 12.4. The van der Waals surface area contributed by atoms with E-state index in [0.29, 0.717) is 22.3 Å². The Bertz CT molecular complexity index is 1440. The van der Waals surface area contributed by atoms with Gasteiger partial charge in [-0.05, 0) is 37.3 Å². The predicted octanol–water partition coefficient (Wildman–Crippen LogP) is 2.34. The summed E-state index contributed by atoms with van der Waals surface area (Å²) in [6.07, 6.45) is 1.50. The summed E-state index contributed by atoms with van der Waals surface area (Å²) in [7, 11) is 0. The zero-order valence-corrected chi connectivity index (χ0v) is 17.7. The number of nitrogens with zero attached hydrogens (tertiary/aromatic N) is 4. The monoisotopic (exact) mass is 456 g/mol. The molecule has 1 aliphatic rings. The number of hydrogen-bond donors (Lipinski definition) is 2. The van der Waals surface area contributed by atoms with E-state index in [9.17, 15) is 19.2 Å². The number of imidazole rings is 1. The third-order valence-corrected chi connectivity index (χ3v) is 5.25. The molecule has 1 atom stereocenters. The molecule has 3 amide bonds. The van der Waals surface area contributed by atoms with Crippen LogP contribution in [0.5, 0.6) is 0 Å². The summed E-state index contributed by atoms with van der Waals surface area (Å²) >= 11 is 0. The fraction of sp³-hybridized carbons (Fsp3) is 0.0870. The zero-order valence-electron chi connectivity index (χ0n) is 17.7. The van der Waals surface area contributed by atoms with Crippen LogP contribution in [-0.2, 0) is 9.53 Å². The van der Waals surface area contributed by atoms with Crippen molar-refractivity contribution in [3.8, 4) is 0 Å². The lowest BCUT2D eigenvalue weighted by molar-refractivity contribution is -0.123. The Hall–Kier alpha value is -4.93. The Kier molecular flexibility index (Phi) is 5.05. The van der Waals surface area contributed by atoms with Crippen LogP contribution in [0.25, 0.3) is 11.2 Å². The van der Waals surface area contributed by atoms with E-state index in [0.717, 1.165) is 4.90 Å². The Balaban J connectivity index is 1.31. The lowest BCUT2D eigenvalue weighted by atomic mass is 10.1. The second-order valence-corrected chi connectivity index (χ2v) is 7.40. The largest absolute Gasteiger partial charge is 0.449 e. The SMILES string of the molecule is CC(OC(=O)c1cccc(N2C(=O)c3ccccc3C2=O)c1)C(=O)Nc1ncnc2nc[nH]c12. The first-order valence-corrected chi connectivity index (χ1v) is 10.2. The van der Waals surface area contributed by atoms with Crippen LogP contribution in [0.4, 0.5) is 11.5 Å². The summed E-state index contributed by atoms with van der Waals surface area (Å²) in [5, 5.41) is 2.57. The molecule has 0 radical (unpaired) electrons. The van der Waals surface area contributed by atoms with Crippen LogP contribution < -0.4 is 10.2 Å². The van der Waals surface area contributed by atoms with Gasteiger partial charge in [-0.25, -0.2) is 24.6 Å². The van der Waals surface area contributed by atoms with E-state index in [2.05, 4.69) is 25.3 Å². The van der Waals surface area contributed by atoms with Gasteiger partial charge in [0.1, 0.15) is 11.8 Å². The fourth-order valence-electron chi connectivity index (χ4n) is 3.56. The van der Waals surface area contributed by atoms with Gasteiger partial charge in [0, 0.05) is 0 Å². The summed E-state index contributed by atoms with van der Waals surface area (Å²) in [5.41, 5.74) is 1.69. The number of esters is 1. The first-order valence-electron chi connectivity index (χ1n) is 10.2. The number of nitrogens with one attached hydrogen (secondary N) is 2. The maximum atomic E-state index is 12.7. The van der Waals surface area contributed by atoms with E-state index in [1.165, 1.54) is 37.8 Å². The van der Waals surface area contributed by atoms with Gasteiger partial charge in [0.15, 0.2) is 17.6 Å². The average molecular weight is 456 g/mol. The predicted molar refractivity (Wildman–Crippen MR) is 119 cm³/mol. The number of anilines is 2. The maximum absolute atomic E-state index is 12.7. The van der Waals surface area contributed by atoms with E-state index in [1.807, 2.05) is 0 Å². The number of amides is 3. The molecule has 2 aromatic heterocycles. The Morgan fingerprint density at radius 3 is 2.47 bits per heavy atom. The van der Waals surface area contributed by atoms with Crippen LogP contribution in [0, 0.1) is 0 Å². The highest BCUT2D eigenvalue weighted by molar-refractivity contribution is 6.34. The number of fused-ring (bicyclic) bond motifs is 2. The molecule has 11 nitrogen and oxygen atoms in total. The number of aromatic amines is 1. The van der Waals surface area contributed by atoms with Crippen LogP contribution >= 0.6 is 0 Å².